The molecule has 0 aliphatic carbocycles. The van der Waals surface area contributed by atoms with Crippen LogP contribution in [0.5, 0.6) is 0 Å². The van der Waals surface area contributed by atoms with Crippen LogP contribution in [0.1, 0.15) is 24.1 Å². The summed E-state index contributed by atoms with van der Waals surface area (Å²) in [6.45, 7) is 2.21. The van der Waals surface area contributed by atoms with Crippen molar-refractivity contribution < 1.29 is 5.11 Å². The lowest BCUT2D eigenvalue weighted by atomic mass is 10.0. The van der Waals surface area contributed by atoms with E-state index in [9.17, 15) is 5.11 Å². The van der Waals surface area contributed by atoms with Crippen molar-refractivity contribution >= 4 is 22.9 Å². The van der Waals surface area contributed by atoms with Gasteiger partial charge < -0.3 is 10.4 Å². The number of aliphatic hydroxyl groups is 1. The average Bonchev–Trinajstić information content (AvgIpc) is 2.90. The number of hydrogen-bond acceptors (Lipinski definition) is 3. The summed E-state index contributed by atoms with van der Waals surface area (Å²) < 4.78 is 0. The first kappa shape index (κ1) is 14.5. The van der Waals surface area contributed by atoms with Crippen LogP contribution in [0.15, 0.2) is 41.1 Å². The molecule has 2 atom stereocenters. The van der Waals surface area contributed by atoms with Crippen LogP contribution in [0.3, 0.4) is 0 Å². The molecule has 2 nitrogen and oxygen atoms in total. The number of hydrogen-bond donors (Lipinski definition) is 2. The lowest BCUT2D eigenvalue weighted by molar-refractivity contribution is 0.235. The third-order valence-electron chi connectivity index (χ3n) is 3.06. The van der Waals surface area contributed by atoms with E-state index in [2.05, 4.69) is 29.1 Å². The molecule has 0 spiro atoms. The predicted octanol–water partition coefficient (Wildman–Crippen LogP) is 3.66. The molecule has 1 aromatic heterocycles. The van der Waals surface area contributed by atoms with Crippen molar-refractivity contribution in [3.8, 4) is 0 Å². The van der Waals surface area contributed by atoms with E-state index in [1.807, 2.05) is 24.3 Å². The van der Waals surface area contributed by atoms with Gasteiger partial charge in [-0.05, 0) is 53.4 Å². The van der Waals surface area contributed by atoms with Crippen molar-refractivity contribution in [2.24, 2.45) is 0 Å². The van der Waals surface area contributed by atoms with Crippen LogP contribution in [0.4, 0.5) is 0 Å². The van der Waals surface area contributed by atoms with Gasteiger partial charge >= 0.3 is 0 Å². The molecule has 0 aliphatic rings. The first-order valence-electron chi connectivity index (χ1n) is 6.32. The Hall–Kier alpha value is -0.870. The molecule has 0 aliphatic heterocycles. The summed E-state index contributed by atoms with van der Waals surface area (Å²) in [6.07, 6.45) is 0.966. The van der Waals surface area contributed by atoms with E-state index < -0.39 is 0 Å². The van der Waals surface area contributed by atoms with Crippen molar-refractivity contribution in [3.63, 3.8) is 0 Å². The molecule has 1 aromatic carbocycles. The minimum Gasteiger partial charge on any atom is -0.394 e. The van der Waals surface area contributed by atoms with E-state index >= 15 is 0 Å². The van der Waals surface area contributed by atoms with Gasteiger partial charge in [0.05, 0.1) is 12.6 Å². The molecule has 2 N–H and O–H groups in total. The zero-order chi connectivity index (χ0) is 13.7. The van der Waals surface area contributed by atoms with Crippen LogP contribution >= 0.6 is 22.9 Å². The van der Waals surface area contributed by atoms with Crippen molar-refractivity contribution in [2.75, 3.05) is 6.61 Å². The summed E-state index contributed by atoms with van der Waals surface area (Å²) >= 11 is 7.59. The maximum absolute atomic E-state index is 9.53. The van der Waals surface area contributed by atoms with E-state index in [-0.39, 0.29) is 12.6 Å². The fourth-order valence-corrected chi connectivity index (χ4v) is 2.92. The van der Waals surface area contributed by atoms with Crippen LogP contribution in [-0.4, -0.2) is 17.8 Å². The molecule has 0 bridgehead atoms. The monoisotopic (exact) mass is 295 g/mol. The summed E-state index contributed by atoms with van der Waals surface area (Å²) in [7, 11) is 0. The minimum atomic E-state index is -0.0501. The first-order valence-corrected chi connectivity index (χ1v) is 7.64. The first-order chi connectivity index (χ1) is 9.19. The van der Waals surface area contributed by atoms with E-state index in [0.717, 1.165) is 12.0 Å². The molecular weight excluding hydrogens is 278 g/mol. The maximum Gasteiger partial charge on any atom is 0.0626 e. The highest BCUT2D eigenvalue weighted by atomic mass is 35.5. The Morgan fingerprint density at radius 3 is 2.58 bits per heavy atom. The van der Waals surface area contributed by atoms with Gasteiger partial charge in [0.15, 0.2) is 0 Å². The molecule has 0 saturated carbocycles. The third-order valence-corrected chi connectivity index (χ3v) is 4.05. The number of aliphatic hydroxyl groups excluding tert-OH is 1. The molecule has 19 heavy (non-hydrogen) atoms. The highest BCUT2D eigenvalue weighted by Gasteiger charge is 2.13. The van der Waals surface area contributed by atoms with Gasteiger partial charge in [0.1, 0.15) is 0 Å². The van der Waals surface area contributed by atoms with Crippen molar-refractivity contribution in [3.05, 3.63) is 57.2 Å². The zero-order valence-corrected chi connectivity index (χ0v) is 12.4. The molecule has 2 aromatic rings. The lowest BCUT2D eigenvalue weighted by Gasteiger charge is -2.22. The Kier molecular flexibility index (Phi) is 5.40. The van der Waals surface area contributed by atoms with Crippen LogP contribution in [0, 0.1) is 0 Å². The Morgan fingerprint density at radius 2 is 2.00 bits per heavy atom. The summed E-state index contributed by atoms with van der Waals surface area (Å²) in [5.74, 6) is 0. The molecule has 102 valence electrons. The Morgan fingerprint density at radius 1 is 1.26 bits per heavy atom. The molecule has 1 heterocycles. The van der Waals surface area contributed by atoms with Crippen LogP contribution < -0.4 is 5.32 Å². The van der Waals surface area contributed by atoms with Gasteiger partial charge in [-0.1, -0.05) is 23.7 Å². The average molecular weight is 296 g/mol. The van der Waals surface area contributed by atoms with Crippen LogP contribution in [0.2, 0.25) is 5.02 Å². The van der Waals surface area contributed by atoms with Gasteiger partial charge in [-0.2, -0.15) is 11.3 Å². The molecule has 0 radical (unpaired) electrons. The zero-order valence-electron chi connectivity index (χ0n) is 10.8. The topological polar surface area (TPSA) is 32.3 Å². The number of thiophene rings is 1. The third kappa shape index (κ3) is 4.32. The number of rotatable bonds is 6. The number of halogens is 1. The highest BCUT2D eigenvalue weighted by Crippen LogP contribution is 2.18. The second-order valence-corrected chi connectivity index (χ2v) is 5.91. The van der Waals surface area contributed by atoms with E-state index in [1.54, 1.807) is 11.3 Å². The van der Waals surface area contributed by atoms with Gasteiger partial charge in [-0.3, -0.25) is 0 Å². The lowest BCUT2D eigenvalue weighted by Crippen LogP contribution is -2.34. The fraction of sp³-hybridized carbons (Fsp3) is 0.333. The second-order valence-electron chi connectivity index (χ2n) is 4.69. The Labute approximate surface area is 123 Å². The fourth-order valence-electron chi connectivity index (χ4n) is 2.11. The molecule has 0 saturated heterocycles. The summed E-state index contributed by atoms with van der Waals surface area (Å²) in [5.41, 5.74) is 2.39. The van der Waals surface area contributed by atoms with Crippen molar-refractivity contribution in [1.82, 2.24) is 5.32 Å². The van der Waals surface area contributed by atoms with Crippen molar-refractivity contribution in [1.29, 1.82) is 0 Å². The van der Waals surface area contributed by atoms with Gasteiger partial charge in [-0.25, -0.2) is 0 Å². The van der Waals surface area contributed by atoms with E-state index in [1.165, 1.54) is 5.56 Å². The Bertz CT molecular complexity index is 483. The molecular formula is C15H18ClNOS. The van der Waals surface area contributed by atoms with Gasteiger partial charge in [0.2, 0.25) is 0 Å². The summed E-state index contributed by atoms with van der Waals surface area (Å²) in [5, 5.41) is 17.9. The predicted molar refractivity (Wildman–Crippen MR) is 81.9 cm³/mol. The highest BCUT2D eigenvalue weighted by molar-refractivity contribution is 7.07. The standard InChI is InChI=1S/C15H18ClNOS/c1-11(8-12-6-7-19-10-12)17-15(9-18)13-2-4-14(16)5-3-13/h2-7,10-11,15,17-18H,8-9H2,1H3. The molecule has 2 unspecified atom stereocenters. The normalized spacial score (nSPS) is 14.3. The molecule has 4 heteroatoms. The number of nitrogens with one attached hydrogen (secondary N) is 1. The van der Waals surface area contributed by atoms with E-state index in [0.29, 0.717) is 11.1 Å². The van der Waals surface area contributed by atoms with Crippen LogP contribution in [0.25, 0.3) is 0 Å². The molecule has 0 fully saturated rings. The quantitative estimate of drug-likeness (QED) is 0.852. The van der Waals surface area contributed by atoms with Gasteiger partial charge in [-0.15, -0.1) is 0 Å². The summed E-state index contributed by atoms with van der Waals surface area (Å²) in [6, 6.07) is 10.0. The largest absolute Gasteiger partial charge is 0.394 e. The second kappa shape index (κ2) is 7.06. The van der Waals surface area contributed by atoms with Crippen molar-refractivity contribution in [2.45, 2.75) is 25.4 Å². The Balaban J connectivity index is 1.96. The smallest absolute Gasteiger partial charge is 0.0626 e. The van der Waals surface area contributed by atoms with Crippen LogP contribution in [-0.2, 0) is 6.42 Å². The summed E-state index contributed by atoms with van der Waals surface area (Å²) in [4.78, 5) is 0. The molecule has 0 amide bonds. The van der Waals surface area contributed by atoms with Gasteiger partial charge in [0.25, 0.3) is 0 Å². The van der Waals surface area contributed by atoms with Gasteiger partial charge in [0, 0.05) is 11.1 Å². The molecule has 2 rings (SSSR count). The number of benzene rings is 1. The van der Waals surface area contributed by atoms with E-state index in [4.69, 9.17) is 11.6 Å². The SMILES string of the molecule is CC(Cc1ccsc1)NC(CO)c1ccc(Cl)cc1. The minimum absolute atomic E-state index is 0.0501. The maximum atomic E-state index is 9.53.